The first-order chi connectivity index (χ1) is 7.61. The van der Waals surface area contributed by atoms with E-state index in [1.165, 1.54) is 0 Å². The Morgan fingerprint density at radius 2 is 1.81 bits per heavy atom. The second-order valence-corrected chi connectivity index (χ2v) is 3.59. The molecule has 0 spiro atoms. The molecule has 94 valence electrons. The third-order valence-electron chi connectivity index (χ3n) is 2.39. The van der Waals surface area contributed by atoms with E-state index in [1.807, 2.05) is 13.8 Å². The van der Waals surface area contributed by atoms with Crippen molar-refractivity contribution >= 4 is 11.9 Å². The van der Waals surface area contributed by atoms with Crippen LogP contribution >= 0.6 is 0 Å². The van der Waals surface area contributed by atoms with Crippen molar-refractivity contribution in [2.24, 2.45) is 0 Å². The fourth-order valence-electron chi connectivity index (χ4n) is 1.41. The molecule has 0 fully saturated rings. The van der Waals surface area contributed by atoms with Gasteiger partial charge in [0, 0.05) is 19.5 Å². The maximum absolute atomic E-state index is 11.5. The van der Waals surface area contributed by atoms with E-state index in [-0.39, 0.29) is 12.3 Å². The predicted octanol–water partition coefficient (Wildman–Crippen LogP) is 0.699. The fourth-order valence-corrected chi connectivity index (χ4v) is 1.41. The molecular weight excluding hydrogens is 208 g/mol. The molecule has 0 bridgehead atoms. The maximum Gasteiger partial charge on any atom is 0.303 e. The monoisotopic (exact) mass is 230 g/mol. The summed E-state index contributed by atoms with van der Waals surface area (Å²) in [7, 11) is 0. The number of carbonyl (C=O) groups excluding carboxylic acids is 1. The van der Waals surface area contributed by atoms with Crippen LogP contribution in [0.3, 0.4) is 0 Å². The highest BCUT2D eigenvalue weighted by Gasteiger charge is 2.07. The van der Waals surface area contributed by atoms with Crippen molar-refractivity contribution in [3.05, 3.63) is 0 Å². The number of carboxylic acids is 1. The van der Waals surface area contributed by atoms with Crippen LogP contribution < -0.4 is 5.32 Å². The lowest BCUT2D eigenvalue weighted by molar-refractivity contribution is -0.137. The minimum Gasteiger partial charge on any atom is -0.481 e. The molecule has 16 heavy (non-hydrogen) atoms. The van der Waals surface area contributed by atoms with Crippen LogP contribution in [0.5, 0.6) is 0 Å². The van der Waals surface area contributed by atoms with Crippen molar-refractivity contribution in [3.63, 3.8) is 0 Å². The first kappa shape index (κ1) is 14.9. The van der Waals surface area contributed by atoms with E-state index >= 15 is 0 Å². The van der Waals surface area contributed by atoms with Crippen molar-refractivity contribution in [2.75, 3.05) is 26.2 Å². The number of hydrogen-bond donors (Lipinski definition) is 2. The molecular formula is C11H22N2O3. The fraction of sp³-hybridized carbons (Fsp3) is 0.818. The Bertz CT molecular complexity index is 215. The molecule has 0 aromatic carbocycles. The molecule has 0 saturated heterocycles. The Balaban J connectivity index is 3.44. The Kier molecular flexibility index (Phi) is 8.52. The molecule has 0 rings (SSSR count). The average Bonchev–Trinajstić information content (AvgIpc) is 2.24. The van der Waals surface area contributed by atoms with Gasteiger partial charge in [-0.2, -0.15) is 0 Å². The summed E-state index contributed by atoms with van der Waals surface area (Å²) in [5.74, 6) is -0.664. The summed E-state index contributed by atoms with van der Waals surface area (Å²) in [6, 6.07) is 0. The van der Waals surface area contributed by atoms with Crippen molar-refractivity contribution in [1.29, 1.82) is 0 Å². The van der Waals surface area contributed by atoms with E-state index in [4.69, 9.17) is 5.11 Å². The molecule has 0 saturated carbocycles. The molecule has 5 nitrogen and oxygen atoms in total. The van der Waals surface area contributed by atoms with Gasteiger partial charge in [0.25, 0.3) is 0 Å². The van der Waals surface area contributed by atoms with Gasteiger partial charge in [0.2, 0.25) is 5.91 Å². The SMILES string of the molecule is CCN(CC)C(=O)CNCCCCC(=O)O. The van der Waals surface area contributed by atoms with E-state index in [9.17, 15) is 9.59 Å². The van der Waals surface area contributed by atoms with Crippen LogP contribution in [0.25, 0.3) is 0 Å². The minimum atomic E-state index is -0.765. The zero-order chi connectivity index (χ0) is 12.4. The van der Waals surface area contributed by atoms with Gasteiger partial charge in [-0.3, -0.25) is 9.59 Å². The second kappa shape index (κ2) is 9.15. The zero-order valence-corrected chi connectivity index (χ0v) is 10.2. The lowest BCUT2D eigenvalue weighted by Crippen LogP contribution is -2.38. The Morgan fingerprint density at radius 1 is 1.19 bits per heavy atom. The number of nitrogens with one attached hydrogen (secondary N) is 1. The molecule has 0 radical (unpaired) electrons. The molecule has 2 N–H and O–H groups in total. The highest BCUT2D eigenvalue weighted by Crippen LogP contribution is 1.93. The standard InChI is InChI=1S/C11H22N2O3/c1-3-13(4-2)10(14)9-12-8-6-5-7-11(15)16/h12H,3-9H2,1-2H3,(H,15,16). The second-order valence-electron chi connectivity index (χ2n) is 3.59. The number of carbonyl (C=O) groups is 2. The third-order valence-corrected chi connectivity index (χ3v) is 2.39. The van der Waals surface area contributed by atoms with Crippen LogP contribution in [-0.4, -0.2) is 48.1 Å². The first-order valence-electron chi connectivity index (χ1n) is 5.82. The molecule has 0 heterocycles. The summed E-state index contributed by atoms with van der Waals surface area (Å²) in [5, 5.41) is 11.4. The summed E-state index contributed by atoms with van der Waals surface area (Å²) >= 11 is 0. The lowest BCUT2D eigenvalue weighted by Gasteiger charge is -2.18. The van der Waals surface area contributed by atoms with Crippen LogP contribution in [0, 0.1) is 0 Å². The molecule has 0 atom stereocenters. The van der Waals surface area contributed by atoms with Crippen molar-refractivity contribution < 1.29 is 14.7 Å². The molecule has 0 aromatic heterocycles. The number of rotatable bonds is 9. The van der Waals surface area contributed by atoms with Gasteiger partial charge in [-0.25, -0.2) is 0 Å². The first-order valence-corrected chi connectivity index (χ1v) is 5.82. The van der Waals surface area contributed by atoms with Gasteiger partial charge >= 0.3 is 5.97 Å². The molecule has 0 aliphatic rings. The van der Waals surface area contributed by atoms with Crippen molar-refractivity contribution in [3.8, 4) is 0 Å². The molecule has 5 heteroatoms. The van der Waals surface area contributed by atoms with E-state index in [2.05, 4.69) is 5.32 Å². The van der Waals surface area contributed by atoms with Crippen molar-refractivity contribution in [1.82, 2.24) is 10.2 Å². The number of unbranched alkanes of at least 4 members (excludes halogenated alkanes) is 1. The molecule has 0 aliphatic heterocycles. The minimum absolute atomic E-state index is 0.100. The van der Waals surface area contributed by atoms with Gasteiger partial charge in [0.1, 0.15) is 0 Å². The Morgan fingerprint density at radius 3 is 2.31 bits per heavy atom. The van der Waals surface area contributed by atoms with E-state index < -0.39 is 5.97 Å². The third kappa shape index (κ3) is 7.23. The van der Waals surface area contributed by atoms with Crippen LogP contribution in [0.1, 0.15) is 33.1 Å². The maximum atomic E-state index is 11.5. The molecule has 0 aliphatic carbocycles. The molecule has 1 amide bonds. The van der Waals surface area contributed by atoms with E-state index in [0.717, 1.165) is 19.5 Å². The number of amides is 1. The van der Waals surface area contributed by atoms with Crippen molar-refractivity contribution in [2.45, 2.75) is 33.1 Å². The van der Waals surface area contributed by atoms with Gasteiger partial charge in [-0.1, -0.05) is 0 Å². The summed E-state index contributed by atoms with van der Waals surface area (Å²) in [5.41, 5.74) is 0. The number of aliphatic carboxylic acids is 1. The topological polar surface area (TPSA) is 69.6 Å². The van der Waals surface area contributed by atoms with Crippen LogP contribution in [-0.2, 0) is 9.59 Å². The smallest absolute Gasteiger partial charge is 0.303 e. The average molecular weight is 230 g/mol. The summed E-state index contributed by atoms with van der Waals surface area (Å²) < 4.78 is 0. The highest BCUT2D eigenvalue weighted by atomic mass is 16.4. The summed E-state index contributed by atoms with van der Waals surface area (Å²) in [6.45, 7) is 6.41. The van der Waals surface area contributed by atoms with Gasteiger partial charge in [0.05, 0.1) is 6.54 Å². The van der Waals surface area contributed by atoms with Gasteiger partial charge in [-0.15, -0.1) is 0 Å². The van der Waals surface area contributed by atoms with Crippen LogP contribution in [0.15, 0.2) is 0 Å². The van der Waals surface area contributed by atoms with E-state index in [1.54, 1.807) is 4.90 Å². The lowest BCUT2D eigenvalue weighted by atomic mass is 10.2. The van der Waals surface area contributed by atoms with E-state index in [0.29, 0.717) is 19.5 Å². The normalized spacial score (nSPS) is 10.1. The van der Waals surface area contributed by atoms with Gasteiger partial charge < -0.3 is 15.3 Å². The number of carboxylic acid groups (broad SMARTS) is 1. The predicted molar refractivity (Wildman–Crippen MR) is 62.3 cm³/mol. The summed E-state index contributed by atoms with van der Waals surface area (Å²) in [6.07, 6.45) is 1.64. The van der Waals surface area contributed by atoms with Crippen LogP contribution in [0.2, 0.25) is 0 Å². The zero-order valence-electron chi connectivity index (χ0n) is 10.2. The molecule has 0 unspecified atom stereocenters. The largest absolute Gasteiger partial charge is 0.481 e. The number of nitrogens with zero attached hydrogens (tertiary/aromatic N) is 1. The number of hydrogen-bond acceptors (Lipinski definition) is 3. The quantitative estimate of drug-likeness (QED) is 0.572. The Hall–Kier alpha value is -1.10. The van der Waals surface area contributed by atoms with Crippen LogP contribution in [0.4, 0.5) is 0 Å². The highest BCUT2D eigenvalue weighted by molar-refractivity contribution is 5.78. The summed E-state index contributed by atoms with van der Waals surface area (Å²) in [4.78, 5) is 23.5. The molecule has 0 aromatic rings. The van der Waals surface area contributed by atoms with Gasteiger partial charge in [0.15, 0.2) is 0 Å². The number of likely N-dealkylation sites (N-methyl/N-ethyl adjacent to an activating group) is 1. The van der Waals surface area contributed by atoms with Gasteiger partial charge in [-0.05, 0) is 33.2 Å². The Labute approximate surface area is 96.8 Å².